The third-order valence-electron chi connectivity index (χ3n) is 3.84. The van der Waals surface area contributed by atoms with Gasteiger partial charge >= 0.3 is 6.03 Å². The number of hydrogen-bond acceptors (Lipinski definition) is 5. The van der Waals surface area contributed by atoms with Crippen molar-refractivity contribution in [3.8, 4) is 5.75 Å². The summed E-state index contributed by atoms with van der Waals surface area (Å²) in [5, 5.41) is 7.70. The smallest absolute Gasteiger partial charge is 0.319 e. The van der Waals surface area contributed by atoms with E-state index in [-0.39, 0.29) is 18.2 Å². The van der Waals surface area contributed by atoms with Gasteiger partial charge in [0.25, 0.3) is 0 Å². The van der Waals surface area contributed by atoms with Crippen LogP contribution in [0.2, 0.25) is 0 Å². The molecule has 2 aromatic rings. The lowest BCUT2D eigenvalue weighted by Crippen LogP contribution is -2.42. The summed E-state index contributed by atoms with van der Waals surface area (Å²) in [7, 11) is 0. The van der Waals surface area contributed by atoms with Gasteiger partial charge in [-0.15, -0.1) is 11.3 Å². The van der Waals surface area contributed by atoms with Gasteiger partial charge in [-0.2, -0.15) is 0 Å². The Morgan fingerprint density at radius 3 is 3.21 bits per heavy atom. The van der Waals surface area contributed by atoms with E-state index in [9.17, 15) is 4.79 Å². The second-order valence-electron chi connectivity index (χ2n) is 5.73. The molecule has 1 aromatic carbocycles. The van der Waals surface area contributed by atoms with Crippen molar-refractivity contribution >= 4 is 23.1 Å². The average Bonchev–Trinajstić information content (AvgIpc) is 3.27. The number of rotatable bonds is 6. The van der Waals surface area contributed by atoms with Gasteiger partial charge in [-0.05, 0) is 31.9 Å². The molecule has 7 heteroatoms. The third kappa shape index (κ3) is 4.69. The number of aromatic nitrogens is 1. The molecule has 1 aromatic heterocycles. The zero-order valence-corrected chi connectivity index (χ0v) is 14.3. The zero-order valence-electron chi connectivity index (χ0n) is 13.5. The van der Waals surface area contributed by atoms with Crippen LogP contribution in [0.1, 0.15) is 25.5 Å². The molecule has 1 fully saturated rings. The van der Waals surface area contributed by atoms with Crippen LogP contribution >= 0.6 is 11.3 Å². The van der Waals surface area contributed by atoms with Crippen LogP contribution in [-0.2, 0) is 11.3 Å². The van der Waals surface area contributed by atoms with Gasteiger partial charge in [0.15, 0.2) is 0 Å². The highest BCUT2D eigenvalue weighted by Crippen LogP contribution is 2.19. The molecule has 1 aliphatic heterocycles. The van der Waals surface area contributed by atoms with E-state index >= 15 is 0 Å². The summed E-state index contributed by atoms with van der Waals surface area (Å²) < 4.78 is 11.3. The van der Waals surface area contributed by atoms with Gasteiger partial charge in [0.05, 0.1) is 23.4 Å². The summed E-state index contributed by atoms with van der Waals surface area (Å²) in [5.41, 5.74) is 3.35. The molecule has 2 N–H and O–H groups in total. The van der Waals surface area contributed by atoms with E-state index in [0.717, 1.165) is 25.1 Å². The molecule has 0 bridgehead atoms. The first kappa shape index (κ1) is 16.7. The molecule has 24 heavy (non-hydrogen) atoms. The SMILES string of the molecule is CC(NC(=O)Nc1cccc(OCc2cscn2)c1)C1CCCO1. The van der Waals surface area contributed by atoms with Crippen LogP contribution in [0.15, 0.2) is 35.2 Å². The number of anilines is 1. The first-order valence-corrected chi connectivity index (χ1v) is 8.94. The molecule has 6 nitrogen and oxygen atoms in total. The van der Waals surface area contributed by atoms with E-state index in [1.54, 1.807) is 11.6 Å². The molecular formula is C17H21N3O3S. The number of carbonyl (C=O) groups excluding carboxylic acids is 1. The quantitative estimate of drug-likeness (QED) is 0.840. The molecule has 2 amide bonds. The van der Waals surface area contributed by atoms with Crippen molar-refractivity contribution in [2.75, 3.05) is 11.9 Å². The number of nitrogens with zero attached hydrogens (tertiary/aromatic N) is 1. The zero-order chi connectivity index (χ0) is 16.8. The van der Waals surface area contributed by atoms with E-state index in [2.05, 4.69) is 15.6 Å². The van der Waals surface area contributed by atoms with Gasteiger partial charge in [-0.1, -0.05) is 6.07 Å². The Hall–Kier alpha value is -2.12. The van der Waals surface area contributed by atoms with E-state index in [0.29, 0.717) is 18.0 Å². The first-order valence-electron chi connectivity index (χ1n) is 8.00. The van der Waals surface area contributed by atoms with Crippen LogP contribution in [-0.4, -0.2) is 29.8 Å². The molecule has 1 aliphatic rings. The number of amides is 2. The fourth-order valence-corrected chi connectivity index (χ4v) is 3.14. The van der Waals surface area contributed by atoms with E-state index < -0.39 is 0 Å². The Morgan fingerprint density at radius 2 is 2.46 bits per heavy atom. The van der Waals surface area contributed by atoms with Gasteiger partial charge in [0.2, 0.25) is 0 Å². The van der Waals surface area contributed by atoms with Crippen molar-refractivity contribution in [3.05, 3.63) is 40.8 Å². The van der Waals surface area contributed by atoms with Crippen molar-refractivity contribution < 1.29 is 14.3 Å². The van der Waals surface area contributed by atoms with Crippen LogP contribution < -0.4 is 15.4 Å². The highest BCUT2D eigenvalue weighted by Gasteiger charge is 2.23. The Morgan fingerprint density at radius 1 is 1.54 bits per heavy atom. The summed E-state index contributed by atoms with van der Waals surface area (Å²) in [6, 6.07) is 7.06. The van der Waals surface area contributed by atoms with Gasteiger partial charge in [0, 0.05) is 23.7 Å². The van der Waals surface area contributed by atoms with Gasteiger partial charge in [-0.3, -0.25) is 0 Å². The highest BCUT2D eigenvalue weighted by atomic mass is 32.1. The monoisotopic (exact) mass is 347 g/mol. The summed E-state index contributed by atoms with van der Waals surface area (Å²) in [5.74, 6) is 0.688. The van der Waals surface area contributed by atoms with Crippen LogP contribution in [0, 0.1) is 0 Å². The van der Waals surface area contributed by atoms with Crippen molar-refractivity contribution in [2.24, 2.45) is 0 Å². The first-order chi connectivity index (χ1) is 11.7. The number of ether oxygens (including phenoxy) is 2. The van der Waals surface area contributed by atoms with Crippen LogP contribution in [0.25, 0.3) is 0 Å². The predicted octanol–water partition coefficient (Wildman–Crippen LogP) is 3.41. The van der Waals surface area contributed by atoms with E-state index in [1.165, 1.54) is 11.3 Å². The Labute approximate surface area is 145 Å². The van der Waals surface area contributed by atoms with Gasteiger partial charge in [0.1, 0.15) is 12.4 Å². The molecule has 3 rings (SSSR count). The highest BCUT2D eigenvalue weighted by molar-refractivity contribution is 7.07. The predicted molar refractivity (Wildman–Crippen MR) is 93.5 cm³/mol. The number of hydrogen-bond donors (Lipinski definition) is 2. The summed E-state index contributed by atoms with van der Waals surface area (Å²) in [6.45, 7) is 3.15. The average molecular weight is 347 g/mol. The lowest BCUT2D eigenvalue weighted by atomic mass is 10.1. The molecule has 0 radical (unpaired) electrons. The van der Waals surface area contributed by atoms with Crippen LogP contribution in [0.5, 0.6) is 5.75 Å². The molecule has 128 valence electrons. The van der Waals surface area contributed by atoms with Crippen molar-refractivity contribution in [1.29, 1.82) is 0 Å². The van der Waals surface area contributed by atoms with E-state index in [4.69, 9.17) is 9.47 Å². The minimum Gasteiger partial charge on any atom is -0.487 e. The number of urea groups is 1. The normalized spacial score (nSPS) is 18.1. The Kier molecular flexibility index (Phi) is 5.66. The lowest BCUT2D eigenvalue weighted by molar-refractivity contribution is 0.0868. The molecule has 0 spiro atoms. The Balaban J connectivity index is 1.50. The van der Waals surface area contributed by atoms with Crippen molar-refractivity contribution in [2.45, 2.75) is 38.5 Å². The molecule has 2 unspecified atom stereocenters. The topological polar surface area (TPSA) is 72.5 Å². The number of carbonyl (C=O) groups is 1. The van der Waals surface area contributed by atoms with Crippen molar-refractivity contribution in [3.63, 3.8) is 0 Å². The maximum atomic E-state index is 12.1. The maximum absolute atomic E-state index is 12.1. The minimum absolute atomic E-state index is 0.0170. The lowest BCUT2D eigenvalue weighted by Gasteiger charge is -2.20. The second kappa shape index (κ2) is 8.12. The minimum atomic E-state index is -0.241. The number of nitrogens with one attached hydrogen (secondary N) is 2. The van der Waals surface area contributed by atoms with Gasteiger partial charge < -0.3 is 20.1 Å². The molecule has 0 saturated carbocycles. The summed E-state index contributed by atoms with van der Waals surface area (Å²) >= 11 is 1.54. The number of thiazole rings is 1. The standard InChI is InChI=1S/C17H21N3O3S/c1-12(16-6-3-7-22-16)19-17(21)20-13-4-2-5-15(8-13)23-9-14-10-24-11-18-14/h2,4-5,8,10-12,16H,3,6-7,9H2,1H3,(H2,19,20,21). The number of benzene rings is 1. The Bertz CT molecular complexity index is 657. The van der Waals surface area contributed by atoms with Gasteiger partial charge in [-0.25, -0.2) is 9.78 Å². The fourth-order valence-electron chi connectivity index (χ4n) is 2.59. The molecular weight excluding hydrogens is 326 g/mol. The summed E-state index contributed by atoms with van der Waals surface area (Å²) in [6.07, 6.45) is 2.14. The molecule has 2 atom stereocenters. The largest absolute Gasteiger partial charge is 0.487 e. The third-order valence-corrected chi connectivity index (χ3v) is 4.48. The van der Waals surface area contributed by atoms with Crippen LogP contribution in [0.4, 0.5) is 10.5 Å². The fraction of sp³-hybridized carbons (Fsp3) is 0.412. The maximum Gasteiger partial charge on any atom is 0.319 e. The molecule has 2 heterocycles. The second-order valence-corrected chi connectivity index (χ2v) is 6.45. The van der Waals surface area contributed by atoms with Crippen molar-refractivity contribution in [1.82, 2.24) is 10.3 Å². The van der Waals surface area contributed by atoms with E-state index in [1.807, 2.05) is 30.5 Å². The molecule has 0 aliphatic carbocycles. The van der Waals surface area contributed by atoms with Crippen LogP contribution in [0.3, 0.4) is 0 Å². The summed E-state index contributed by atoms with van der Waals surface area (Å²) in [4.78, 5) is 16.3. The molecule has 1 saturated heterocycles.